The summed E-state index contributed by atoms with van der Waals surface area (Å²) in [5, 5.41) is 12.0. The number of nitrogens with zero attached hydrogens (tertiary/aromatic N) is 4. The topological polar surface area (TPSA) is 68.3 Å². The highest BCUT2D eigenvalue weighted by atomic mass is 16.5. The molecule has 1 aliphatic heterocycles. The van der Waals surface area contributed by atoms with Crippen molar-refractivity contribution in [3.05, 3.63) is 35.3 Å². The Hall–Kier alpha value is -2.80. The molecule has 7 nitrogen and oxygen atoms in total. The monoisotopic (exact) mass is 353 g/mol. The van der Waals surface area contributed by atoms with Crippen LogP contribution in [0.5, 0.6) is 0 Å². The average molecular weight is 353 g/mol. The van der Waals surface area contributed by atoms with Gasteiger partial charge in [-0.1, -0.05) is 5.16 Å². The molecule has 2 aromatic heterocycles. The van der Waals surface area contributed by atoms with E-state index in [-0.39, 0.29) is 6.35 Å². The molecule has 0 radical (unpaired) electrons. The molecule has 1 atom stereocenters. The van der Waals surface area contributed by atoms with Gasteiger partial charge >= 0.3 is 0 Å². The van der Waals surface area contributed by atoms with Crippen molar-refractivity contribution >= 4 is 11.4 Å². The first-order chi connectivity index (χ1) is 12.4. The fraction of sp³-hybridized carbons (Fsp3) is 0.368. The third kappa shape index (κ3) is 2.31. The Kier molecular flexibility index (Phi) is 3.77. The van der Waals surface area contributed by atoms with Gasteiger partial charge in [-0.2, -0.15) is 5.10 Å². The van der Waals surface area contributed by atoms with Crippen LogP contribution in [0.1, 0.15) is 17.0 Å². The molecule has 0 aliphatic carbocycles. The van der Waals surface area contributed by atoms with Crippen LogP contribution in [-0.4, -0.2) is 35.4 Å². The van der Waals surface area contributed by atoms with Crippen LogP contribution in [0.4, 0.5) is 11.4 Å². The first-order valence-corrected chi connectivity index (χ1v) is 8.54. The van der Waals surface area contributed by atoms with Gasteiger partial charge in [-0.25, -0.2) is 0 Å². The molecule has 3 aromatic rings. The lowest BCUT2D eigenvalue weighted by Gasteiger charge is -2.22. The van der Waals surface area contributed by atoms with Gasteiger partial charge in [0.15, 0.2) is 0 Å². The van der Waals surface area contributed by atoms with Crippen LogP contribution in [-0.2, 0) is 11.8 Å². The molecule has 1 aliphatic rings. The maximum atomic E-state index is 5.58. The van der Waals surface area contributed by atoms with Crippen LogP contribution in [0.2, 0.25) is 0 Å². The van der Waals surface area contributed by atoms with Crippen LogP contribution in [0.3, 0.4) is 0 Å². The zero-order valence-corrected chi connectivity index (χ0v) is 15.9. The summed E-state index contributed by atoms with van der Waals surface area (Å²) in [7, 11) is 5.69. The molecule has 0 saturated carbocycles. The van der Waals surface area contributed by atoms with Crippen LogP contribution >= 0.6 is 0 Å². The molecule has 0 spiro atoms. The van der Waals surface area contributed by atoms with Gasteiger partial charge in [0.1, 0.15) is 5.76 Å². The molecule has 0 fully saturated rings. The zero-order chi connectivity index (χ0) is 18.6. The van der Waals surface area contributed by atoms with Gasteiger partial charge in [0.2, 0.25) is 6.35 Å². The van der Waals surface area contributed by atoms with Crippen molar-refractivity contribution in [2.75, 3.05) is 24.4 Å². The Balaban J connectivity index is 2.01. The second-order valence-corrected chi connectivity index (χ2v) is 6.76. The lowest BCUT2D eigenvalue weighted by Crippen LogP contribution is -2.33. The molecule has 26 heavy (non-hydrogen) atoms. The van der Waals surface area contributed by atoms with E-state index in [1.54, 1.807) is 7.11 Å². The van der Waals surface area contributed by atoms with Crippen molar-refractivity contribution in [3.8, 4) is 22.4 Å². The number of ether oxygens (including phenoxy) is 1. The van der Waals surface area contributed by atoms with E-state index in [1.165, 1.54) is 0 Å². The number of nitrogens with one attached hydrogen (secondary N) is 1. The highest BCUT2D eigenvalue weighted by Crippen LogP contribution is 2.46. The van der Waals surface area contributed by atoms with Crippen LogP contribution in [0.15, 0.2) is 22.9 Å². The van der Waals surface area contributed by atoms with Gasteiger partial charge in [-0.15, -0.1) is 0 Å². The summed E-state index contributed by atoms with van der Waals surface area (Å²) >= 11 is 0. The summed E-state index contributed by atoms with van der Waals surface area (Å²) in [6.45, 7) is 5.98. The van der Waals surface area contributed by atoms with Crippen LogP contribution in [0, 0.1) is 20.8 Å². The van der Waals surface area contributed by atoms with Crippen molar-refractivity contribution in [3.63, 3.8) is 0 Å². The summed E-state index contributed by atoms with van der Waals surface area (Å²) < 4.78 is 12.9. The lowest BCUT2D eigenvalue weighted by atomic mass is 9.96. The number of aryl methyl sites for hydroxylation is 4. The fourth-order valence-corrected chi connectivity index (χ4v) is 3.84. The predicted molar refractivity (Wildman–Crippen MR) is 101 cm³/mol. The van der Waals surface area contributed by atoms with Gasteiger partial charge < -0.3 is 19.5 Å². The lowest BCUT2D eigenvalue weighted by molar-refractivity contribution is 0.131. The van der Waals surface area contributed by atoms with E-state index < -0.39 is 0 Å². The molecule has 0 bridgehead atoms. The smallest absolute Gasteiger partial charge is 0.207 e. The SMILES string of the molecule is COC1Nc2cc(-c3c(C)noc3C)cc(-c3c(C)cnn3C)c2N1C. The van der Waals surface area contributed by atoms with E-state index in [2.05, 4.69) is 39.5 Å². The highest BCUT2D eigenvalue weighted by molar-refractivity contribution is 5.95. The molecule has 7 heteroatoms. The van der Waals surface area contributed by atoms with Crippen molar-refractivity contribution in [2.45, 2.75) is 27.1 Å². The Morgan fingerprint density at radius 2 is 1.96 bits per heavy atom. The Morgan fingerprint density at radius 1 is 1.19 bits per heavy atom. The summed E-state index contributed by atoms with van der Waals surface area (Å²) in [5.41, 5.74) is 8.40. The first-order valence-electron chi connectivity index (χ1n) is 8.54. The maximum absolute atomic E-state index is 5.58. The van der Waals surface area contributed by atoms with Gasteiger partial charge in [0.05, 0.1) is 29.0 Å². The van der Waals surface area contributed by atoms with Gasteiger partial charge in [0, 0.05) is 32.3 Å². The predicted octanol–water partition coefficient (Wildman–Crippen LogP) is 3.46. The molecule has 1 aromatic carbocycles. The molecule has 3 heterocycles. The van der Waals surface area contributed by atoms with Gasteiger partial charge in [0.25, 0.3) is 0 Å². The Bertz CT molecular complexity index is 949. The fourth-order valence-electron chi connectivity index (χ4n) is 3.84. The van der Waals surface area contributed by atoms with E-state index in [0.29, 0.717) is 0 Å². The number of methoxy groups -OCH3 is 1. The number of benzene rings is 1. The van der Waals surface area contributed by atoms with Crippen molar-refractivity contribution < 1.29 is 9.26 Å². The van der Waals surface area contributed by atoms with Crippen LogP contribution in [0.25, 0.3) is 22.4 Å². The summed E-state index contributed by atoms with van der Waals surface area (Å²) in [6, 6.07) is 4.32. The highest BCUT2D eigenvalue weighted by Gasteiger charge is 2.31. The van der Waals surface area contributed by atoms with Crippen LogP contribution < -0.4 is 10.2 Å². The molecular formula is C19H23N5O2. The number of anilines is 2. The molecule has 136 valence electrons. The number of hydrogen-bond acceptors (Lipinski definition) is 6. The minimum atomic E-state index is -0.211. The number of hydrogen-bond donors (Lipinski definition) is 1. The minimum absolute atomic E-state index is 0.211. The number of aromatic nitrogens is 3. The Morgan fingerprint density at radius 3 is 2.54 bits per heavy atom. The van der Waals surface area contributed by atoms with E-state index in [0.717, 1.165) is 50.8 Å². The summed E-state index contributed by atoms with van der Waals surface area (Å²) in [6.07, 6.45) is 1.68. The zero-order valence-electron chi connectivity index (χ0n) is 15.9. The normalized spacial score (nSPS) is 16.1. The van der Waals surface area contributed by atoms with E-state index in [4.69, 9.17) is 9.26 Å². The quantitative estimate of drug-likeness (QED) is 0.778. The molecular weight excluding hydrogens is 330 g/mol. The second-order valence-electron chi connectivity index (χ2n) is 6.76. The third-order valence-corrected chi connectivity index (χ3v) is 5.02. The molecule has 1 N–H and O–H groups in total. The second kappa shape index (κ2) is 5.88. The minimum Gasteiger partial charge on any atom is -0.361 e. The first kappa shape index (κ1) is 16.7. The maximum Gasteiger partial charge on any atom is 0.207 e. The largest absolute Gasteiger partial charge is 0.361 e. The molecule has 1 unspecified atom stereocenters. The van der Waals surface area contributed by atoms with Crippen molar-refractivity contribution in [2.24, 2.45) is 7.05 Å². The molecule has 4 rings (SSSR count). The van der Waals surface area contributed by atoms with Crippen molar-refractivity contribution in [1.29, 1.82) is 0 Å². The average Bonchev–Trinajstić information content (AvgIpc) is 3.23. The number of rotatable bonds is 3. The van der Waals surface area contributed by atoms with E-state index >= 15 is 0 Å². The number of fused-ring (bicyclic) bond motifs is 1. The van der Waals surface area contributed by atoms with Gasteiger partial charge in [-0.3, -0.25) is 4.68 Å². The van der Waals surface area contributed by atoms with Gasteiger partial charge in [-0.05, 0) is 44.0 Å². The third-order valence-electron chi connectivity index (χ3n) is 5.02. The standard InChI is InChI=1S/C19H23N5O2/c1-10-9-20-24(5)17(10)14-7-13(16-11(2)22-26-12(16)3)8-15-18(14)23(4)19(21-15)25-6/h7-9,19,21H,1-6H3. The molecule has 0 saturated heterocycles. The Labute approximate surface area is 152 Å². The van der Waals surface area contributed by atoms with E-state index in [1.807, 2.05) is 38.8 Å². The summed E-state index contributed by atoms with van der Waals surface area (Å²) in [4.78, 5) is 2.11. The molecule has 0 amide bonds. The van der Waals surface area contributed by atoms with E-state index in [9.17, 15) is 0 Å². The van der Waals surface area contributed by atoms with Crippen molar-refractivity contribution in [1.82, 2.24) is 14.9 Å². The summed E-state index contributed by atoms with van der Waals surface area (Å²) in [5.74, 6) is 0.810.